The van der Waals surface area contributed by atoms with Crippen LogP contribution in [0.3, 0.4) is 0 Å². The molecule has 5 rings (SSSR count). The van der Waals surface area contributed by atoms with Gasteiger partial charge in [-0.15, -0.1) is 11.8 Å². The van der Waals surface area contributed by atoms with E-state index in [4.69, 9.17) is 10.5 Å². The molecule has 4 aliphatic heterocycles. The number of aliphatic carboxylic acids is 1. The molecule has 2 atom stereocenters. The topological polar surface area (TPSA) is 180 Å². The van der Waals surface area contributed by atoms with Gasteiger partial charge >= 0.3 is 5.97 Å². The average Bonchev–Trinajstić information content (AvgIpc) is 3.47. The number of anilines is 1. The van der Waals surface area contributed by atoms with Gasteiger partial charge in [-0.1, -0.05) is 5.16 Å². The van der Waals surface area contributed by atoms with Gasteiger partial charge in [0.2, 0.25) is 11.5 Å². The zero-order valence-electron chi connectivity index (χ0n) is 17.8. The second kappa shape index (κ2) is 8.19. The SMILES string of the molecule is C[N+]1(CC2=C(C(=O)O)N3C(=O)[C@@H](NC(=O)/C(=N\O)c4nsc(N)n4)[C@H]3SC2)C=C2COCC2=C1. The molecule has 0 saturated carbocycles. The summed E-state index contributed by atoms with van der Waals surface area (Å²) < 4.78 is 9.65. The smallest absolute Gasteiger partial charge is 0.352 e. The summed E-state index contributed by atoms with van der Waals surface area (Å²) >= 11 is 2.18. The highest BCUT2D eigenvalue weighted by Crippen LogP contribution is 2.42. The van der Waals surface area contributed by atoms with Crippen LogP contribution in [-0.4, -0.2) is 96.5 Å². The summed E-state index contributed by atoms with van der Waals surface area (Å²) in [5, 5.41) is 24.1. The van der Waals surface area contributed by atoms with E-state index in [0.717, 1.165) is 22.7 Å². The van der Waals surface area contributed by atoms with Crippen molar-refractivity contribution in [2.24, 2.45) is 5.16 Å². The first kappa shape index (κ1) is 22.5. The Morgan fingerprint density at radius 2 is 2.09 bits per heavy atom. The summed E-state index contributed by atoms with van der Waals surface area (Å²) in [5.41, 5.74) is 7.78. The van der Waals surface area contributed by atoms with Gasteiger partial charge in [0.15, 0.2) is 5.13 Å². The molecule has 13 nitrogen and oxygen atoms in total. The van der Waals surface area contributed by atoms with Crippen LogP contribution in [-0.2, 0) is 19.1 Å². The number of quaternary nitrogens is 1. The Hall–Kier alpha value is -3.27. The lowest BCUT2D eigenvalue weighted by Crippen LogP contribution is -2.71. The highest BCUT2D eigenvalue weighted by molar-refractivity contribution is 8.00. The monoisotopic (exact) mass is 506 g/mol. The maximum atomic E-state index is 12.9. The zero-order valence-corrected chi connectivity index (χ0v) is 19.4. The molecule has 15 heteroatoms. The molecule has 0 radical (unpaired) electrons. The van der Waals surface area contributed by atoms with Crippen LogP contribution in [0.2, 0.25) is 0 Å². The Balaban J connectivity index is 1.34. The van der Waals surface area contributed by atoms with Gasteiger partial charge in [-0.25, -0.2) is 4.79 Å². The van der Waals surface area contributed by atoms with E-state index >= 15 is 0 Å². The van der Waals surface area contributed by atoms with Gasteiger partial charge in [-0.05, 0) is 0 Å². The molecule has 5 N–H and O–H groups in total. The third kappa shape index (κ3) is 3.66. The molecule has 34 heavy (non-hydrogen) atoms. The van der Waals surface area contributed by atoms with E-state index in [-0.39, 0.29) is 16.7 Å². The number of likely N-dealkylation sites (N-methyl/N-ethyl adjacent to an activating group) is 1. The van der Waals surface area contributed by atoms with Crippen molar-refractivity contribution in [1.29, 1.82) is 0 Å². The number of ether oxygens (including phenoxy) is 1. The number of rotatable bonds is 6. The number of nitrogens with two attached hydrogens (primary N) is 1. The number of thioether (sulfide) groups is 1. The maximum Gasteiger partial charge on any atom is 0.352 e. The van der Waals surface area contributed by atoms with Gasteiger partial charge < -0.3 is 26.1 Å². The Bertz CT molecular complexity index is 1220. The number of hydrogen-bond acceptors (Lipinski definition) is 11. The largest absolute Gasteiger partial charge is 0.477 e. The molecule has 2 saturated heterocycles. The number of nitrogens with zero attached hydrogens (tertiary/aromatic N) is 5. The lowest BCUT2D eigenvalue weighted by molar-refractivity contribution is -0.799. The van der Waals surface area contributed by atoms with Crippen LogP contribution in [0, 0.1) is 0 Å². The van der Waals surface area contributed by atoms with E-state index in [1.165, 1.54) is 16.7 Å². The van der Waals surface area contributed by atoms with Crippen molar-refractivity contribution in [3.05, 3.63) is 40.6 Å². The number of nitrogen functional groups attached to an aromatic ring is 1. The van der Waals surface area contributed by atoms with Crippen LogP contribution in [0.1, 0.15) is 5.82 Å². The summed E-state index contributed by atoms with van der Waals surface area (Å²) in [5.74, 6) is -2.42. The minimum Gasteiger partial charge on any atom is -0.477 e. The highest BCUT2D eigenvalue weighted by Gasteiger charge is 2.55. The summed E-state index contributed by atoms with van der Waals surface area (Å²) in [7, 11) is 1.97. The molecule has 1 aromatic heterocycles. The number of carbonyl (C=O) groups is 3. The summed E-state index contributed by atoms with van der Waals surface area (Å²) in [6.45, 7) is 1.47. The van der Waals surface area contributed by atoms with Crippen LogP contribution in [0.4, 0.5) is 5.13 Å². The van der Waals surface area contributed by atoms with E-state index in [2.05, 4.69) is 19.8 Å². The van der Waals surface area contributed by atoms with Gasteiger partial charge in [-0.3, -0.25) is 19.0 Å². The first-order chi connectivity index (χ1) is 16.2. The second-order valence-electron chi connectivity index (χ2n) is 8.33. The molecule has 0 aromatic carbocycles. The summed E-state index contributed by atoms with van der Waals surface area (Å²) in [4.78, 5) is 42.7. The first-order valence-corrected chi connectivity index (χ1v) is 11.9. The predicted octanol–water partition coefficient (Wildman–Crippen LogP) is -0.705. The Labute approximate surface area is 201 Å². The fraction of sp³-hybridized carbons (Fsp3) is 0.368. The second-order valence-corrected chi connectivity index (χ2v) is 10.2. The maximum absolute atomic E-state index is 12.9. The van der Waals surface area contributed by atoms with E-state index in [9.17, 15) is 24.7 Å². The van der Waals surface area contributed by atoms with Crippen LogP contribution in [0.25, 0.3) is 0 Å². The number of β-lactam (4-membered cyclic amide) rings is 1. The lowest BCUT2D eigenvalue weighted by atomic mass is 10.0. The molecular weight excluding hydrogens is 486 g/mol. The van der Waals surface area contributed by atoms with Crippen LogP contribution in [0.5, 0.6) is 0 Å². The van der Waals surface area contributed by atoms with Gasteiger partial charge in [0, 0.05) is 34.0 Å². The van der Waals surface area contributed by atoms with E-state index in [1.807, 2.05) is 19.4 Å². The molecule has 0 bridgehead atoms. The number of nitrogens with one attached hydrogen (secondary N) is 1. The zero-order chi connectivity index (χ0) is 24.2. The Morgan fingerprint density at radius 3 is 2.68 bits per heavy atom. The fourth-order valence-corrected chi connectivity index (χ4v) is 6.26. The van der Waals surface area contributed by atoms with Gasteiger partial charge in [0.05, 0.1) is 20.3 Å². The number of amides is 2. The van der Waals surface area contributed by atoms with Gasteiger partial charge in [0.1, 0.15) is 36.1 Å². The molecular formula is C19H20N7O6S2+. The van der Waals surface area contributed by atoms with Gasteiger partial charge in [-0.2, -0.15) is 9.36 Å². The number of aromatic nitrogens is 2. The minimum absolute atomic E-state index is 0.0614. The first-order valence-electron chi connectivity index (χ1n) is 10.1. The normalized spacial score (nSPS) is 25.4. The molecule has 2 fully saturated rings. The van der Waals surface area contributed by atoms with Crippen molar-refractivity contribution in [3.63, 3.8) is 0 Å². The van der Waals surface area contributed by atoms with Crippen molar-refractivity contribution in [2.75, 3.05) is 38.3 Å². The summed E-state index contributed by atoms with van der Waals surface area (Å²) in [6, 6.07) is -0.988. The molecule has 4 aliphatic rings. The summed E-state index contributed by atoms with van der Waals surface area (Å²) in [6.07, 6.45) is 4.09. The minimum atomic E-state index is -1.20. The third-order valence-corrected chi connectivity index (χ3v) is 7.75. The average molecular weight is 507 g/mol. The number of carbonyl (C=O) groups excluding carboxylic acids is 2. The van der Waals surface area contributed by atoms with Crippen molar-refractivity contribution in [2.45, 2.75) is 11.4 Å². The number of carboxylic acids is 1. The number of oxime groups is 1. The predicted molar refractivity (Wildman–Crippen MR) is 120 cm³/mol. The van der Waals surface area contributed by atoms with Crippen molar-refractivity contribution in [1.82, 2.24) is 19.6 Å². The van der Waals surface area contributed by atoms with E-state index in [0.29, 0.717) is 35.6 Å². The van der Waals surface area contributed by atoms with Crippen LogP contribution in [0.15, 0.2) is 40.0 Å². The number of carboxylic acid groups (broad SMARTS) is 1. The lowest BCUT2D eigenvalue weighted by Gasteiger charge is -2.49. The third-order valence-electron chi connectivity index (χ3n) is 5.87. The van der Waals surface area contributed by atoms with E-state index in [1.54, 1.807) is 0 Å². The van der Waals surface area contributed by atoms with Crippen LogP contribution < -0.4 is 11.1 Å². The molecule has 0 aliphatic carbocycles. The Morgan fingerprint density at radius 1 is 1.38 bits per heavy atom. The standard InChI is InChI=1S/C19H19N7O6S2/c1-26(2-8-5-32-6-9(8)3-26)4-10-7-33-17-12(16(28)25(17)13(10)18(29)30)21-15(27)11(23-31)14-22-19(20)34-24-14/h2-3,12,17H,4-7H2,1H3,(H4-,20,21,22,24,27,29,30,31)/p+1/t12-,17-/m1/s1. The van der Waals surface area contributed by atoms with Crippen LogP contribution >= 0.6 is 23.3 Å². The molecule has 0 spiro atoms. The van der Waals surface area contributed by atoms with Crippen molar-refractivity contribution >= 4 is 51.9 Å². The number of fused-ring (bicyclic) bond motifs is 2. The van der Waals surface area contributed by atoms with E-state index < -0.39 is 34.9 Å². The fourth-order valence-electron chi connectivity index (χ4n) is 4.49. The quantitative estimate of drug-likeness (QED) is 0.127. The molecule has 178 valence electrons. The molecule has 2 amide bonds. The highest BCUT2D eigenvalue weighted by atomic mass is 32.2. The molecule has 1 aromatic rings. The molecule has 0 unspecified atom stereocenters. The molecule has 5 heterocycles. The number of hydrogen-bond donors (Lipinski definition) is 4. The van der Waals surface area contributed by atoms with Gasteiger partial charge in [0.25, 0.3) is 11.8 Å². The van der Waals surface area contributed by atoms with Crippen molar-refractivity contribution in [3.8, 4) is 0 Å². The Kier molecular flexibility index (Phi) is 5.43. The van der Waals surface area contributed by atoms with Crippen molar-refractivity contribution < 1.29 is 33.9 Å².